The van der Waals surface area contributed by atoms with Crippen molar-refractivity contribution in [3.8, 4) is 28.0 Å². The van der Waals surface area contributed by atoms with Crippen molar-refractivity contribution in [2.45, 2.75) is 0 Å². The van der Waals surface area contributed by atoms with Crippen LogP contribution in [-0.4, -0.2) is 23.0 Å². The maximum atomic E-state index is 12.6. The Morgan fingerprint density at radius 1 is 1.04 bits per heavy atom. The number of halogens is 1. The van der Waals surface area contributed by atoms with Crippen LogP contribution >= 0.6 is 22.9 Å². The molecule has 4 rings (SSSR count). The number of aromatic amines is 1. The summed E-state index contributed by atoms with van der Waals surface area (Å²) in [5, 5.41) is 14.0. The van der Waals surface area contributed by atoms with Crippen molar-refractivity contribution < 1.29 is 9.90 Å². The molecule has 0 fully saturated rings. The molecule has 0 saturated heterocycles. The molecule has 2 aromatic heterocycles. The van der Waals surface area contributed by atoms with Gasteiger partial charge < -0.3 is 15.4 Å². The van der Waals surface area contributed by atoms with E-state index in [9.17, 15) is 14.7 Å². The van der Waals surface area contributed by atoms with E-state index in [0.29, 0.717) is 31.2 Å². The minimum Gasteiger partial charge on any atom is -0.506 e. The summed E-state index contributed by atoms with van der Waals surface area (Å²) in [7, 11) is 1.57. The molecule has 2 heterocycles. The number of benzene rings is 2. The zero-order chi connectivity index (χ0) is 19.8. The van der Waals surface area contributed by atoms with Gasteiger partial charge in [-0.1, -0.05) is 54.1 Å². The zero-order valence-electron chi connectivity index (χ0n) is 14.7. The molecular formula is C21H15ClN2O3S. The Labute approximate surface area is 169 Å². The van der Waals surface area contributed by atoms with Crippen LogP contribution in [0.3, 0.4) is 0 Å². The Morgan fingerprint density at radius 2 is 1.68 bits per heavy atom. The molecule has 2 aromatic carbocycles. The molecule has 140 valence electrons. The van der Waals surface area contributed by atoms with Crippen LogP contribution < -0.4 is 10.9 Å². The van der Waals surface area contributed by atoms with Gasteiger partial charge in [-0.2, -0.15) is 0 Å². The van der Waals surface area contributed by atoms with Crippen molar-refractivity contribution in [1.29, 1.82) is 0 Å². The molecule has 0 aliphatic rings. The van der Waals surface area contributed by atoms with E-state index in [4.69, 9.17) is 11.6 Å². The number of carbonyl (C=O) groups is 1. The third-order valence-electron chi connectivity index (χ3n) is 4.52. The molecule has 5 nitrogen and oxygen atoms in total. The van der Waals surface area contributed by atoms with E-state index < -0.39 is 0 Å². The summed E-state index contributed by atoms with van der Waals surface area (Å²) in [6.45, 7) is 0. The number of rotatable bonds is 3. The molecule has 0 radical (unpaired) electrons. The lowest BCUT2D eigenvalue weighted by Crippen LogP contribution is -2.17. The van der Waals surface area contributed by atoms with Crippen molar-refractivity contribution in [3.63, 3.8) is 0 Å². The number of hydrogen-bond donors (Lipinski definition) is 3. The summed E-state index contributed by atoms with van der Waals surface area (Å²) in [5.41, 5.74) is 2.32. The van der Waals surface area contributed by atoms with Gasteiger partial charge in [0.05, 0.1) is 10.9 Å². The molecule has 3 N–H and O–H groups in total. The van der Waals surface area contributed by atoms with E-state index in [2.05, 4.69) is 10.3 Å². The van der Waals surface area contributed by atoms with E-state index in [1.807, 2.05) is 6.07 Å². The van der Waals surface area contributed by atoms with Gasteiger partial charge in [-0.3, -0.25) is 9.59 Å². The second-order valence-electron chi connectivity index (χ2n) is 6.16. The molecule has 0 aliphatic carbocycles. The number of amides is 1. The first kappa shape index (κ1) is 18.3. The quantitative estimate of drug-likeness (QED) is 0.460. The first-order valence-corrected chi connectivity index (χ1v) is 9.66. The summed E-state index contributed by atoms with van der Waals surface area (Å²) >= 11 is 7.65. The monoisotopic (exact) mass is 410 g/mol. The SMILES string of the molecule is CNC(=O)c1ccc(-c2c(Cl)sc3[nH]c(=O)c(-c4ccccc4)c(O)c23)cc1. The number of fused-ring (bicyclic) bond motifs is 1. The fraction of sp³-hybridized carbons (Fsp3) is 0.0476. The third-order valence-corrected chi connectivity index (χ3v) is 5.83. The molecule has 4 aromatic rings. The zero-order valence-corrected chi connectivity index (χ0v) is 16.3. The Kier molecular flexibility index (Phi) is 4.66. The topological polar surface area (TPSA) is 82.2 Å². The first-order chi connectivity index (χ1) is 13.5. The number of H-pyrrole nitrogens is 1. The van der Waals surface area contributed by atoms with Crippen LogP contribution in [0.1, 0.15) is 10.4 Å². The van der Waals surface area contributed by atoms with Gasteiger partial charge in [-0.15, -0.1) is 11.3 Å². The molecule has 0 saturated carbocycles. The van der Waals surface area contributed by atoms with Crippen LogP contribution in [0.2, 0.25) is 4.34 Å². The Bertz CT molecular complexity index is 1240. The lowest BCUT2D eigenvalue weighted by atomic mass is 10.00. The highest BCUT2D eigenvalue weighted by molar-refractivity contribution is 7.23. The van der Waals surface area contributed by atoms with Crippen LogP contribution in [-0.2, 0) is 0 Å². The molecule has 7 heteroatoms. The van der Waals surface area contributed by atoms with Crippen LogP contribution in [0, 0.1) is 0 Å². The number of aromatic hydroxyl groups is 1. The van der Waals surface area contributed by atoms with Gasteiger partial charge in [-0.25, -0.2) is 0 Å². The molecule has 0 unspecified atom stereocenters. The van der Waals surface area contributed by atoms with Crippen molar-refractivity contribution >= 4 is 39.1 Å². The van der Waals surface area contributed by atoms with Gasteiger partial charge in [0.15, 0.2) is 0 Å². The van der Waals surface area contributed by atoms with Gasteiger partial charge >= 0.3 is 0 Å². The Hall–Kier alpha value is -3.09. The average Bonchev–Trinajstić information content (AvgIpc) is 3.04. The molecule has 0 atom stereocenters. The van der Waals surface area contributed by atoms with Gasteiger partial charge in [0.25, 0.3) is 11.5 Å². The van der Waals surface area contributed by atoms with Crippen LogP contribution in [0.25, 0.3) is 32.5 Å². The number of aromatic nitrogens is 1. The fourth-order valence-corrected chi connectivity index (χ4v) is 4.56. The summed E-state index contributed by atoms with van der Waals surface area (Å²) < 4.78 is 0.443. The number of hydrogen-bond acceptors (Lipinski definition) is 4. The maximum Gasteiger partial charge on any atom is 0.260 e. The number of pyridine rings is 1. The molecule has 0 spiro atoms. The minimum atomic E-state index is -0.379. The predicted octanol–water partition coefficient (Wildman–Crippen LogP) is 4.64. The summed E-state index contributed by atoms with van der Waals surface area (Å²) in [5.74, 6) is -0.301. The van der Waals surface area contributed by atoms with Gasteiger partial charge in [-0.05, 0) is 23.3 Å². The normalized spacial score (nSPS) is 10.9. The smallest absolute Gasteiger partial charge is 0.260 e. The molecule has 28 heavy (non-hydrogen) atoms. The predicted molar refractivity (Wildman–Crippen MR) is 113 cm³/mol. The van der Waals surface area contributed by atoms with Crippen LogP contribution in [0.15, 0.2) is 59.4 Å². The van der Waals surface area contributed by atoms with E-state index in [-0.39, 0.29) is 22.8 Å². The average molecular weight is 411 g/mol. The van der Waals surface area contributed by atoms with Gasteiger partial charge in [0, 0.05) is 18.2 Å². The molecule has 1 amide bonds. The van der Waals surface area contributed by atoms with E-state index in [1.165, 1.54) is 11.3 Å². The van der Waals surface area contributed by atoms with E-state index in [1.54, 1.807) is 55.6 Å². The Balaban J connectivity index is 1.96. The highest BCUT2D eigenvalue weighted by Gasteiger charge is 2.22. The molecular weight excluding hydrogens is 396 g/mol. The van der Waals surface area contributed by atoms with Crippen molar-refractivity contribution in [3.05, 3.63) is 74.9 Å². The standard InChI is InChI=1S/C21H15ClN2O3S/c1-23-19(26)13-9-7-12(8-10-13)14-16-17(25)15(11-5-3-2-4-6-11)20(27)24-21(16)28-18(14)22/h2-10H,1H3,(H,23,26)(H2,24,25,27). The van der Waals surface area contributed by atoms with Crippen molar-refractivity contribution in [2.24, 2.45) is 0 Å². The number of nitrogens with one attached hydrogen (secondary N) is 2. The second-order valence-corrected chi connectivity index (χ2v) is 7.78. The van der Waals surface area contributed by atoms with E-state index >= 15 is 0 Å². The second kappa shape index (κ2) is 7.14. The maximum absolute atomic E-state index is 12.6. The number of carbonyl (C=O) groups excluding carboxylic acids is 1. The highest BCUT2D eigenvalue weighted by Crippen LogP contribution is 2.46. The first-order valence-electron chi connectivity index (χ1n) is 8.46. The van der Waals surface area contributed by atoms with Crippen molar-refractivity contribution in [1.82, 2.24) is 10.3 Å². The van der Waals surface area contributed by atoms with Crippen LogP contribution in [0.5, 0.6) is 5.75 Å². The lowest BCUT2D eigenvalue weighted by Gasteiger charge is -2.08. The lowest BCUT2D eigenvalue weighted by molar-refractivity contribution is 0.0963. The third kappa shape index (κ3) is 2.96. The van der Waals surface area contributed by atoms with Crippen LogP contribution in [0.4, 0.5) is 0 Å². The van der Waals surface area contributed by atoms with Gasteiger partial charge in [0.2, 0.25) is 0 Å². The van der Waals surface area contributed by atoms with Crippen molar-refractivity contribution in [2.75, 3.05) is 7.05 Å². The Morgan fingerprint density at radius 3 is 2.32 bits per heavy atom. The molecule has 0 bridgehead atoms. The molecule has 0 aliphatic heterocycles. The van der Waals surface area contributed by atoms with E-state index in [0.717, 1.165) is 5.56 Å². The number of thiophene rings is 1. The van der Waals surface area contributed by atoms with Gasteiger partial charge in [0.1, 0.15) is 14.9 Å². The minimum absolute atomic E-state index is 0.113. The highest BCUT2D eigenvalue weighted by atomic mass is 35.5. The largest absolute Gasteiger partial charge is 0.506 e. The fourth-order valence-electron chi connectivity index (χ4n) is 3.18. The summed E-state index contributed by atoms with van der Waals surface area (Å²) in [6.07, 6.45) is 0. The summed E-state index contributed by atoms with van der Waals surface area (Å²) in [4.78, 5) is 27.7. The summed E-state index contributed by atoms with van der Waals surface area (Å²) in [6, 6.07) is 15.9.